The van der Waals surface area contributed by atoms with Crippen molar-refractivity contribution in [2.45, 2.75) is 30.5 Å². The van der Waals surface area contributed by atoms with Gasteiger partial charge in [-0.3, -0.25) is 0 Å². The first-order chi connectivity index (χ1) is 6.81. The average Bonchev–Trinajstić information content (AvgIpc) is 2.07. The van der Waals surface area contributed by atoms with Gasteiger partial charge in [-0.25, -0.2) is 4.79 Å². The molecule has 0 radical (unpaired) electrons. The molecule has 0 aliphatic rings. The normalized spacial score (nSPS) is 11.6. The second-order valence-corrected chi connectivity index (χ2v) is 6.05. The maximum absolute atomic E-state index is 10.9. The van der Waals surface area contributed by atoms with Gasteiger partial charge in [-0.15, -0.1) is 0 Å². The predicted octanol–water partition coefficient (Wildman–Crippen LogP) is 3.95. The Morgan fingerprint density at radius 3 is 2.33 bits per heavy atom. The standard InChI is InChI=1S/C9H15Cl3O3/c1-7(2)4-3-5-14-8(13)15-6-9(10,11)12/h7H,3-6H2,1-2H3. The van der Waals surface area contributed by atoms with Crippen molar-refractivity contribution in [2.75, 3.05) is 13.2 Å². The molecule has 0 aliphatic carbocycles. The Hall–Kier alpha value is 0.140. The Morgan fingerprint density at radius 1 is 1.27 bits per heavy atom. The summed E-state index contributed by atoms with van der Waals surface area (Å²) in [6, 6.07) is 0. The number of rotatable bonds is 5. The van der Waals surface area contributed by atoms with Gasteiger partial charge < -0.3 is 9.47 Å². The Labute approximate surface area is 105 Å². The molecule has 0 aromatic carbocycles. The van der Waals surface area contributed by atoms with Gasteiger partial charge in [-0.2, -0.15) is 0 Å². The lowest BCUT2D eigenvalue weighted by atomic mass is 10.1. The smallest absolute Gasteiger partial charge is 0.434 e. The SMILES string of the molecule is CC(C)CCCOC(=O)OCC(Cl)(Cl)Cl. The van der Waals surface area contributed by atoms with Crippen molar-refractivity contribution in [3.05, 3.63) is 0 Å². The van der Waals surface area contributed by atoms with Crippen molar-refractivity contribution in [2.24, 2.45) is 5.92 Å². The molecule has 0 atom stereocenters. The van der Waals surface area contributed by atoms with Crippen LogP contribution in [-0.2, 0) is 9.47 Å². The van der Waals surface area contributed by atoms with Gasteiger partial charge in [-0.05, 0) is 18.8 Å². The molecule has 3 nitrogen and oxygen atoms in total. The summed E-state index contributed by atoms with van der Waals surface area (Å²) in [6.45, 7) is 4.22. The van der Waals surface area contributed by atoms with Crippen molar-refractivity contribution in [1.82, 2.24) is 0 Å². The highest BCUT2D eigenvalue weighted by molar-refractivity contribution is 6.67. The van der Waals surface area contributed by atoms with Crippen molar-refractivity contribution >= 4 is 41.0 Å². The zero-order valence-corrected chi connectivity index (χ0v) is 11.0. The Bertz CT molecular complexity index is 190. The van der Waals surface area contributed by atoms with E-state index in [9.17, 15) is 4.79 Å². The molecule has 0 amide bonds. The van der Waals surface area contributed by atoms with E-state index in [2.05, 4.69) is 18.6 Å². The number of carbonyl (C=O) groups excluding carboxylic acids is 1. The van der Waals surface area contributed by atoms with E-state index in [-0.39, 0.29) is 6.61 Å². The van der Waals surface area contributed by atoms with Gasteiger partial charge in [0, 0.05) is 0 Å². The third kappa shape index (κ3) is 12.1. The third-order valence-electron chi connectivity index (χ3n) is 1.50. The third-order valence-corrected chi connectivity index (χ3v) is 1.83. The number of hydrogen-bond acceptors (Lipinski definition) is 3. The summed E-state index contributed by atoms with van der Waals surface area (Å²) in [5.74, 6) is 0.589. The first-order valence-electron chi connectivity index (χ1n) is 4.67. The van der Waals surface area contributed by atoms with Gasteiger partial charge in [0.15, 0.2) is 0 Å². The summed E-state index contributed by atoms with van der Waals surface area (Å²) in [6.07, 6.45) is 1.00. The molecule has 0 heterocycles. The summed E-state index contributed by atoms with van der Waals surface area (Å²) < 4.78 is 7.72. The van der Waals surface area contributed by atoms with Crippen LogP contribution in [0.2, 0.25) is 0 Å². The topological polar surface area (TPSA) is 35.5 Å². The number of ether oxygens (including phenoxy) is 2. The van der Waals surface area contributed by atoms with E-state index in [0.29, 0.717) is 12.5 Å². The summed E-state index contributed by atoms with van der Waals surface area (Å²) in [5, 5.41) is 0. The number of halogens is 3. The first-order valence-corrected chi connectivity index (χ1v) is 5.81. The molecular weight excluding hydrogens is 262 g/mol. The molecule has 15 heavy (non-hydrogen) atoms. The predicted molar refractivity (Wildman–Crippen MR) is 61.7 cm³/mol. The summed E-state index contributed by atoms with van der Waals surface area (Å²) in [4.78, 5) is 10.9. The van der Waals surface area contributed by atoms with E-state index in [1.54, 1.807) is 0 Å². The van der Waals surface area contributed by atoms with Gasteiger partial charge >= 0.3 is 6.16 Å². The second kappa shape index (κ2) is 7.42. The fourth-order valence-electron chi connectivity index (χ4n) is 0.830. The molecule has 0 fully saturated rings. The minimum absolute atomic E-state index is 0.305. The minimum Gasteiger partial charge on any atom is -0.434 e. The maximum atomic E-state index is 10.9. The van der Waals surface area contributed by atoms with Crippen LogP contribution >= 0.6 is 34.8 Å². The molecule has 0 saturated carbocycles. The van der Waals surface area contributed by atoms with Crippen LogP contribution < -0.4 is 0 Å². The molecule has 0 saturated heterocycles. The van der Waals surface area contributed by atoms with Crippen molar-refractivity contribution in [3.8, 4) is 0 Å². The number of alkyl halides is 3. The summed E-state index contributed by atoms with van der Waals surface area (Å²) in [5.41, 5.74) is 0. The zero-order valence-electron chi connectivity index (χ0n) is 8.76. The highest BCUT2D eigenvalue weighted by Crippen LogP contribution is 2.25. The molecule has 0 aromatic heterocycles. The Morgan fingerprint density at radius 2 is 1.87 bits per heavy atom. The lowest BCUT2D eigenvalue weighted by Gasteiger charge is -2.11. The molecule has 6 heteroatoms. The van der Waals surface area contributed by atoms with Crippen LogP contribution in [0.15, 0.2) is 0 Å². The molecule has 0 unspecified atom stereocenters. The van der Waals surface area contributed by atoms with Crippen LogP contribution in [0.5, 0.6) is 0 Å². The quantitative estimate of drug-likeness (QED) is 0.434. The second-order valence-electron chi connectivity index (χ2n) is 3.54. The van der Waals surface area contributed by atoms with Crippen molar-refractivity contribution in [1.29, 1.82) is 0 Å². The molecule has 90 valence electrons. The van der Waals surface area contributed by atoms with E-state index >= 15 is 0 Å². The van der Waals surface area contributed by atoms with Crippen LogP contribution in [0, 0.1) is 5.92 Å². The zero-order chi connectivity index (χ0) is 11.9. The fourth-order valence-corrected chi connectivity index (χ4v) is 0.993. The Kier molecular flexibility index (Phi) is 7.49. The van der Waals surface area contributed by atoms with E-state index in [1.165, 1.54) is 0 Å². The van der Waals surface area contributed by atoms with Crippen LogP contribution in [0.3, 0.4) is 0 Å². The number of carbonyl (C=O) groups is 1. The van der Waals surface area contributed by atoms with E-state index in [4.69, 9.17) is 39.5 Å². The Balaban J connectivity index is 3.42. The summed E-state index contributed by atoms with van der Waals surface area (Å²) >= 11 is 16.1. The first kappa shape index (κ1) is 15.1. The molecule has 0 spiro atoms. The van der Waals surface area contributed by atoms with E-state index in [1.807, 2.05) is 0 Å². The molecular formula is C9H15Cl3O3. The van der Waals surface area contributed by atoms with Crippen LogP contribution in [-0.4, -0.2) is 23.2 Å². The highest BCUT2D eigenvalue weighted by atomic mass is 35.6. The van der Waals surface area contributed by atoms with Crippen molar-refractivity contribution < 1.29 is 14.3 Å². The van der Waals surface area contributed by atoms with Crippen LogP contribution in [0.4, 0.5) is 4.79 Å². The van der Waals surface area contributed by atoms with Crippen molar-refractivity contribution in [3.63, 3.8) is 0 Å². The minimum atomic E-state index is -1.59. The van der Waals surface area contributed by atoms with Gasteiger partial charge in [0.1, 0.15) is 6.61 Å². The largest absolute Gasteiger partial charge is 0.508 e. The number of hydrogen-bond donors (Lipinski definition) is 0. The summed E-state index contributed by atoms with van der Waals surface area (Å²) in [7, 11) is 0. The lowest BCUT2D eigenvalue weighted by Crippen LogP contribution is -2.18. The monoisotopic (exact) mass is 276 g/mol. The molecule has 0 bridgehead atoms. The van der Waals surface area contributed by atoms with E-state index in [0.717, 1.165) is 12.8 Å². The van der Waals surface area contributed by atoms with Crippen LogP contribution in [0.25, 0.3) is 0 Å². The van der Waals surface area contributed by atoms with Gasteiger partial charge in [0.05, 0.1) is 6.61 Å². The highest BCUT2D eigenvalue weighted by Gasteiger charge is 2.22. The van der Waals surface area contributed by atoms with Gasteiger partial charge in [-0.1, -0.05) is 48.7 Å². The molecule has 0 aromatic rings. The van der Waals surface area contributed by atoms with Gasteiger partial charge in [0.2, 0.25) is 3.79 Å². The molecule has 0 aliphatic heterocycles. The molecule has 0 N–H and O–H groups in total. The van der Waals surface area contributed by atoms with E-state index < -0.39 is 9.95 Å². The maximum Gasteiger partial charge on any atom is 0.508 e. The average molecular weight is 278 g/mol. The molecule has 0 rings (SSSR count). The van der Waals surface area contributed by atoms with Crippen LogP contribution in [0.1, 0.15) is 26.7 Å². The van der Waals surface area contributed by atoms with Gasteiger partial charge in [0.25, 0.3) is 0 Å². The lowest BCUT2D eigenvalue weighted by molar-refractivity contribution is 0.0549. The fraction of sp³-hybridized carbons (Fsp3) is 0.889.